The molecule has 0 amide bonds. The van der Waals surface area contributed by atoms with Gasteiger partial charge in [0.2, 0.25) is 0 Å². The van der Waals surface area contributed by atoms with Crippen molar-refractivity contribution in [2.45, 2.75) is 12.8 Å². The van der Waals surface area contributed by atoms with Gasteiger partial charge in [-0.1, -0.05) is 6.08 Å². The van der Waals surface area contributed by atoms with Gasteiger partial charge in [0, 0.05) is 18.1 Å². The molecular formula is C15H18N4. The molecule has 2 atom stereocenters. The molecule has 2 unspecified atom stereocenters. The first-order chi connectivity index (χ1) is 9.33. The number of H-pyrrole nitrogens is 1. The summed E-state index contributed by atoms with van der Waals surface area (Å²) in [6, 6.07) is 2.09. The van der Waals surface area contributed by atoms with E-state index in [2.05, 4.69) is 39.0 Å². The highest BCUT2D eigenvalue weighted by molar-refractivity contribution is 5.89. The molecule has 0 aromatic carbocycles. The van der Waals surface area contributed by atoms with E-state index in [-0.39, 0.29) is 0 Å². The van der Waals surface area contributed by atoms with E-state index < -0.39 is 0 Å². The van der Waals surface area contributed by atoms with Gasteiger partial charge in [-0.05, 0) is 49.9 Å². The third kappa shape index (κ3) is 1.70. The zero-order chi connectivity index (χ0) is 12.8. The van der Waals surface area contributed by atoms with Gasteiger partial charge < -0.3 is 9.88 Å². The number of rotatable bonds is 1. The summed E-state index contributed by atoms with van der Waals surface area (Å²) in [5.41, 5.74) is 3.54. The zero-order valence-electron chi connectivity index (χ0n) is 11.1. The minimum Gasteiger partial charge on any atom is -0.346 e. The standard InChI is InChI=1S/C15H18N4/c1-19-7-5-11-10(8-19)2-3-12(11)14-13-4-6-16-15(13)18-9-17-14/h3-4,6,9-11H,2,5,7-8H2,1H3,(H,16,17,18). The van der Waals surface area contributed by atoms with E-state index in [1.165, 1.54) is 31.5 Å². The van der Waals surface area contributed by atoms with Crippen LogP contribution in [0.3, 0.4) is 0 Å². The molecule has 1 saturated heterocycles. The first-order valence-electron chi connectivity index (χ1n) is 7.00. The maximum absolute atomic E-state index is 4.56. The Bertz CT molecular complexity index is 642. The Labute approximate surface area is 112 Å². The number of hydrogen-bond acceptors (Lipinski definition) is 3. The molecule has 0 radical (unpaired) electrons. The Balaban J connectivity index is 1.75. The summed E-state index contributed by atoms with van der Waals surface area (Å²) in [6.45, 7) is 2.41. The zero-order valence-corrected chi connectivity index (χ0v) is 11.1. The van der Waals surface area contributed by atoms with Crippen LogP contribution in [0.5, 0.6) is 0 Å². The van der Waals surface area contributed by atoms with Crippen molar-refractivity contribution in [2.75, 3.05) is 20.1 Å². The molecule has 2 aromatic rings. The monoisotopic (exact) mass is 254 g/mol. The maximum atomic E-state index is 4.56. The second-order valence-corrected chi connectivity index (χ2v) is 5.77. The number of allylic oxidation sites excluding steroid dienone is 2. The Kier molecular flexibility index (Phi) is 2.45. The fourth-order valence-electron chi connectivity index (χ4n) is 3.67. The third-order valence-corrected chi connectivity index (χ3v) is 4.60. The molecule has 1 aliphatic heterocycles. The number of nitrogens with zero attached hydrogens (tertiary/aromatic N) is 3. The van der Waals surface area contributed by atoms with E-state index in [9.17, 15) is 0 Å². The van der Waals surface area contributed by atoms with Crippen LogP contribution in [-0.2, 0) is 0 Å². The van der Waals surface area contributed by atoms with Crippen LogP contribution in [0.1, 0.15) is 18.5 Å². The van der Waals surface area contributed by atoms with Crippen molar-refractivity contribution in [2.24, 2.45) is 11.8 Å². The van der Waals surface area contributed by atoms with Crippen LogP contribution in [0, 0.1) is 11.8 Å². The van der Waals surface area contributed by atoms with Gasteiger partial charge in [0.15, 0.2) is 0 Å². The molecule has 4 nitrogen and oxygen atoms in total. The van der Waals surface area contributed by atoms with E-state index >= 15 is 0 Å². The van der Waals surface area contributed by atoms with Crippen LogP contribution in [0.15, 0.2) is 24.7 Å². The molecule has 2 aromatic heterocycles. The highest BCUT2D eigenvalue weighted by atomic mass is 15.1. The number of aromatic amines is 1. The molecule has 3 heterocycles. The fraction of sp³-hybridized carbons (Fsp3) is 0.467. The quantitative estimate of drug-likeness (QED) is 0.849. The highest BCUT2D eigenvalue weighted by Gasteiger charge is 2.35. The van der Waals surface area contributed by atoms with Crippen LogP contribution in [0.2, 0.25) is 0 Å². The van der Waals surface area contributed by atoms with Crippen LogP contribution in [0.25, 0.3) is 16.6 Å². The Morgan fingerprint density at radius 2 is 2.32 bits per heavy atom. The van der Waals surface area contributed by atoms with Crippen molar-refractivity contribution < 1.29 is 0 Å². The minimum atomic E-state index is 0.684. The molecule has 4 rings (SSSR count). The topological polar surface area (TPSA) is 44.8 Å². The van der Waals surface area contributed by atoms with Crippen LogP contribution in [0.4, 0.5) is 0 Å². The second-order valence-electron chi connectivity index (χ2n) is 5.77. The molecule has 0 saturated carbocycles. The number of aromatic nitrogens is 3. The third-order valence-electron chi connectivity index (χ3n) is 4.60. The summed E-state index contributed by atoms with van der Waals surface area (Å²) in [4.78, 5) is 14.5. The van der Waals surface area contributed by atoms with Crippen molar-refractivity contribution in [3.63, 3.8) is 0 Å². The first-order valence-corrected chi connectivity index (χ1v) is 7.00. The molecule has 1 aliphatic carbocycles. The summed E-state index contributed by atoms with van der Waals surface area (Å²) in [6.07, 6.45) is 8.48. The average Bonchev–Trinajstić information content (AvgIpc) is 3.03. The van der Waals surface area contributed by atoms with E-state index in [0.29, 0.717) is 5.92 Å². The van der Waals surface area contributed by atoms with Crippen LogP contribution in [-0.4, -0.2) is 40.0 Å². The number of fused-ring (bicyclic) bond motifs is 2. The lowest BCUT2D eigenvalue weighted by molar-refractivity contribution is 0.184. The fourth-order valence-corrected chi connectivity index (χ4v) is 3.67. The number of piperidine rings is 1. The van der Waals surface area contributed by atoms with Crippen molar-refractivity contribution in [3.8, 4) is 0 Å². The van der Waals surface area contributed by atoms with Gasteiger partial charge in [-0.2, -0.15) is 0 Å². The van der Waals surface area contributed by atoms with Gasteiger partial charge in [-0.25, -0.2) is 9.97 Å². The predicted molar refractivity (Wildman–Crippen MR) is 75.6 cm³/mol. The van der Waals surface area contributed by atoms with E-state index in [1.807, 2.05) is 6.20 Å². The highest BCUT2D eigenvalue weighted by Crippen LogP contribution is 2.43. The Hall–Kier alpha value is -1.68. The van der Waals surface area contributed by atoms with Gasteiger partial charge in [0.25, 0.3) is 0 Å². The molecular weight excluding hydrogens is 236 g/mol. The Morgan fingerprint density at radius 3 is 3.26 bits per heavy atom. The van der Waals surface area contributed by atoms with E-state index in [0.717, 1.165) is 22.6 Å². The molecule has 4 heteroatoms. The molecule has 2 aliphatic rings. The molecule has 0 spiro atoms. The van der Waals surface area contributed by atoms with Gasteiger partial charge in [-0.15, -0.1) is 0 Å². The van der Waals surface area contributed by atoms with Crippen molar-refractivity contribution in [1.29, 1.82) is 0 Å². The summed E-state index contributed by atoms with van der Waals surface area (Å²) >= 11 is 0. The summed E-state index contributed by atoms with van der Waals surface area (Å²) in [5.74, 6) is 1.46. The maximum Gasteiger partial charge on any atom is 0.141 e. The minimum absolute atomic E-state index is 0.684. The van der Waals surface area contributed by atoms with Gasteiger partial charge in [0.1, 0.15) is 12.0 Å². The molecule has 19 heavy (non-hydrogen) atoms. The smallest absolute Gasteiger partial charge is 0.141 e. The van der Waals surface area contributed by atoms with Gasteiger partial charge >= 0.3 is 0 Å². The first kappa shape index (κ1) is 11.2. The van der Waals surface area contributed by atoms with Crippen molar-refractivity contribution in [3.05, 3.63) is 30.4 Å². The number of likely N-dealkylation sites (tertiary alicyclic amines) is 1. The second kappa shape index (κ2) is 4.17. The van der Waals surface area contributed by atoms with Crippen molar-refractivity contribution >= 4 is 16.6 Å². The van der Waals surface area contributed by atoms with E-state index in [4.69, 9.17) is 0 Å². The lowest BCUT2D eigenvalue weighted by atomic mass is 9.83. The lowest BCUT2D eigenvalue weighted by Crippen LogP contribution is -2.36. The Morgan fingerprint density at radius 1 is 1.37 bits per heavy atom. The normalized spacial score (nSPS) is 27.5. The molecule has 1 N–H and O–H groups in total. The summed E-state index contributed by atoms with van der Waals surface area (Å²) in [5, 5.41) is 1.16. The molecule has 98 valence electrons. The summed E-state index contributed by atoms with van der Waals surface area (Å²) < 4.78 is 0. The van der Waals surface area contributed by atoms with E-state index in [1.54, 1.807) is 6.33 Å². The number of nitrogens with one attached hydrogen (secondary N) is 1. The largest absolute Gasteiger partial charge is 0.346 e. The average molecular weight is 254 g/mol. The molecule has 0 bridgehead atoms. The summed E-state index contributed by atoms with van der Waals surface area (Å²) in [7, 11) is 2.23. The van der Waals surface area contributed by atoms with Crippen LogP contribution >= 0.6 is 0 Å². The van der Waals surface area contributed by atoms with Gasteiger partial charge in [-0.3, -0.25) is 0 Å². The lowest BCUT2D eigenvalue weighted by Gasteiger charge is -2.34. The molecule has 1 fully saturated rings. The SMILES string of the molecule is CN1CCC2C(c3ncnc4[nH]ccc34)=CCC2C1. The number of hydrogen-bond donors (Lipinski definition) is 1. The van der Waals surface area contributed by atoms with Crippen LogP contribution < -0.4 is 0 Å². The predicted octanol–water partition coefficient (Wildman–Crippen LogP) is 2.31. The van der Waals surface area contributed by atoms with Crippen molar-refractivity contribution in [1.82, 2.24) is 19.9 Å². The van der Waals surface area contributed by atoms with Gasteiger partial charge in [0.05, 0.1) is 5.69 Å².